The standard InChI is InChI=1S/C21H14Cl2N2O4S2/c22-16-5-9-18(10-6-16)30(26,27)21(14-25-20-4-2-1-3-15(20)13-24)31(28,29)19-11-7-17(23)8-12-19/h1-12,14,21H. The second kappa shape index (κ2) is 9.20. The third-order valence-corrected chi connectivity index (χ3v) is 9.61. The molecule has 0 bridgehead atoms. The lowest BCUT2D eigenvalue weighted by atomic mass is 10.2. The molecule has 0 heterocycles. The molecular formula is C21H14Cl2N2O4S2. The SMILES string of the molecule is N#Cc1ccccc1N=CC(S(=O)(=O)c1ccc(Cl)cc1)S(=O)(=O)c1ccc(Cl)cc1. The van der Waals surface area contributed by atoms with Crippen molar-refractivity contribution < 1.29 is 16.8 Å². The summed E-state index contributed by atoms with van der Waals surface area (Å²) in [5.41, 5.74) is 0.317. The Balaban J connectivity index is 2.18. The van der Waals surface area contributed by atoms with Crippen molar-refractivity contribution in [3.05, 3.63) is 88.4 Å². The van der Waals surface area contributed by atoms with Crippen LogP contribution in [0, 0.1) is 11.3 Å². The van der Waals surface area contributed by atoms with E-state index >= 15 is 0 Å². The van der Waals surface area contributed by atoms with Crippen LogP contribution < -0.4 is 0 Å². The van der Waals surface area contributed by atoms with Crippen LogP contribution in [0.25, 0.3) is 0 Å². The lowest BCUT2D eigenvalue weighted by molar-refractivity contribution is 0.584. The number of sulfone groups is 2. The van der Waals surface area contributed by atoms with Crippen molar-refractivity contribution in [1.82, 2.24) is 0 Å². The van der Waals surface area contributed by atoms with Crippen molar-refractivity contribution in [1.29, 1.82) is 5.26 Å². The van der Waals surface area contributed by atoms with Gasteiger partial charge in [0.25, 0.3) is 0 Å². The fourth-order valence-corrected chi connectivity index (χ4v) is 6.93. The van der Waals surface area contributed by atoms with Crippen LogP contribution in [0.4, 0.5) is 5.69 Å². The fourth-order valence-electron chi connectivity index (χ4n) is 2.67. The average molecular weight is 493 g/mol. The molecule has 3 aromatic carbocycles. The maximum Gasteiger partial charge on any atom is 0.206 e. The Labute approximate surface area is 190 Å². The molecule has 31 heavy (non-hydrogen) atoms. The first-order valence-electron chi connectivity index (χ1n) is 8.68. The highest BCUT2D eigenvalue weighted by Gasteiger charge is 2.39. The van der Waals surface area contributed by atoms with Crippen LogP contribution in [-0.2, 0) is 19.7 Å². The van der Waals surface area contributed by atoms with Crippen molar-refractivity contribution in [2.75, 3.05) is 0 Å². The molecule has 6 nitrogen and oxygen atoms in total. The van der Waals surface area contributed by atoms with E-state index in [1.165, 1.54) is 60.7 Å². The van der Waals surface area contributed by atoms with Crippen LogP contribution in [-0.4, -0.2) is 27.6 Å². The van der Waals surface area contributed by atoms with E-state index in [2.05, 4.69) is 4.99 Å². The zero-order chi connectivity index (χ0) is 22.6. The Morgan fingerprint density at radius 1 is 0.774 bits per heavy atom. The maximum atomic E-state index is 13.3. The second-order valence-electron chi connectivity index (χ2n) is 6.27. The van der Waals surface area contributed by atoms with Crippen molar-refractivity contribution in [3.8, 4) is 6.07 Å². The molecule has 0 spiro atoms. The highest BCUT2D eigenvalue weighted by Crippen LogP contribution is 2.28. The first-order valence-corrected chi connectivity index (χ1v) is 12.5. The van der Waals surface area contributed by atoms with Gasteiger partial charge in [-0.1, -0.05) is 35.3 Å². The number of aliphatic imine (C=N–C) groups is 1. The number of nitrogens with zero attached hydrogens (tertiary/aromatic N) is 2. The number of hydrogen-bond acceptors (Lipinski definition) is 6. The highest BCUT2D eigenvalue weighted by molar-refractivity contribution is 8.10. The van der Waals surface area contributed by atoms with Gasteiger partial charge in [0.05, 0.1) is 21.0 Å². The van der Waals surface area contributed by atoms with Gasteiger partial charge in [0.2, 0.25) is 24.3 Å². The summed E-state index contributed by atoms with van der Waals surface area (Å²) in [6.45, 7) is 0. The first kappa shape index (κ1) is 23.0. The van der Waals surface area contributed by atoms with E-state index in [1.807, 2.05) is 6.07 Å². The minimum Gasteiger partial charge on any atom is -0.257 e. The van der Waals surface area contributed by atoms with Crippen LogP contribution in [0.1, 0.15) is 5.56 Å². The minimum absolute atomic E-state index is 0.146. The molecule has 0 atom stereocenters. The Bertz CT molecular complexity index is 1300. The molecular weight excluding hydrogens is 479 g/mol. The van der Waals surface area contributed by atoms with Gasteiger partial charge >= 0.3 is 0 Å². The van der Waals surface area contributed by atoms with E-state index in [9.17, 15) is 22.1 Å². The summed E-state index contributed by atoms with van der Waals surface area (Å²) in [6.07, 6.45) is 0.823. The maximum absolute atomic E-state index is 13.3. The fraction of sp³-hybridized carbons (Fsp3) is 0.0476. The smallest absolute Gasteiger partial charge is 0.206 e. The number of para-hydroxylation sites is 1. The zero-order valence-electron chi connectivity index (χ0n) is 15.7. The van der Waals surface area contributed by atoms with Gasteiger partial charge in [-0.15, -0.1) is 0 Å². The van der Waals surface area contributed by atoms with Gasteiger partial charge < -0.3 is 0 Å². The van der Waals surface area contributed by atoms with E-state index < -0.39 is 24.3 Å². The van der Waals surface area contributed by atoms with Gasteiger partial charge in [-0.05, 0) is 60.7 Å². The predicted molar refractivity (Wildman–Crippen MR) is 120 cm³/mol. The Hall–Kier alpha value is -2.70. The molecule has 0 saturated carbocycles. The average Bonchev–Trinajstić information content (AvgIpc) is 2.74. The number of nitriles is 1. The number of benzene rings is 3. The van der Waals surface area contributed by atoms with Gasteiger partial charge in [-0.25, -0.2) is 16.8 Å². The summed E-state index contributed by atoms with van der Waals surface area (Å²) in [5.74, 6) is 0. The molecule has 158 valence electrons. The normalized spacial score (nSPS) is 12.2. The van der Waals surface area contributed by atoms with E-state index in [4.69, 9.17) is 23.2 Å². The number of hydrogen-bond donors (Lipinski definition) is 0. The third kappa shape index (κ3) is 4.97. The van der Waals surface area contributed by atoms with E-state index in [1.54, 1.807) is 12.1 Å². The quantitative estimate of drug-likeness (QED) is 0.457. The third-order valence-electron chi connectivity index (χ3n) is 4.26. The van der Waals surface area contributed by atoms with Gasteiger partial charge in [0, 0.05) is 16.3 Å². The van der Waals surface area contributed by atoms with Gasteiger partial charge in [0.15, 0.2) is 0 Å². The van der Waals surface area contributed by atoms with Gasteiger partial charge in [-0.3, -0.25) is 4.99 Å². The molecule has 0 unspecified atom stereocenters. The van der Waals surface area contributed by atoms with Crippen molar-refractivity contribution >= 4 is 54.8 Å². The molecule has 0 saturated heterocycles. The second-order valence-corrected chi connectivity index (χ2v) is 11.6. The van der Waals surface area contributed by atoms with Crippen LogP contribution in [0.3, 0.4) is 0 Å². The van der Waals surface area contributed by atoms with Crippen LogP contribution in [0.2, 0.25) is 10.0 Å². The van der Waals surface area contributed by atoms with Crippen LogP contribution >= 0.6 is 23.2 Å². The predicted octanol–water partition coefficient (Wildman–Crippen LogP) is 4.84. The molecule has 0 radical (unpaired) electrons. The van der Waals surface area contributed by atoms with Crippen molar-refractivity contribution in [3.63, 3.8) is 0 Å². The Morgan fingerprint density at radius 2 is 1.23 bits per heavy atom. The topological polar surface area (TPSA) is 104 Å². The number of halogens is 2. The summed E-state index contributed by atoms with van der Waals surface area (Å²) in [7, 11) is -8.87. The van der Waals surface area contributed by atoms with Crippen molar-refractivity contribution in [2.45, 2.75) is 14.4 Å². The zero-order valence-corrected chi connectivity index (χ0v) is 18.8. The van der Waals surface area contributed by atoms with E-state index in [0.29, 0.717) is 10.0 Å². The van der Waals surface area contributed by atoms with Crippen molar-refractivity contribution in [2.24, 2.45) is 4.99 Å². The van der Waals surface area contributed by atoms with Gasteiger partial charge in [-0.2, -0.15) is 5.26 Å². The molecule has 0 aliphatic carbocycles. The van der Waals surface area contributed by atoms with Gasteiger partial charge in [0.1, 0.15) is 6.07 Å². The number of rotatable bonds is 6. The Kier molecular flexibility index (Phi) is 6.82. The molecule has 0 aliphatic heterocycles. The molecule has 0 N–H and O–H groups in total. The summed E-state index contributed by atoms with van der Waals surface area (Å²) in [4.78, 5) is 3.56. The minimum atomic E-state index is -4.44. The van der Waals surface area contributed by atoms with E-state index in [-0.39, 0.29) is 21.0 Å². The summed E-state index contributed by atoms with van der Waals surface area (Å²) in [5, 5.41) is 9.82. The molecule has 0 amide bonds. The lowest BCUT2D eigenvalue weighted by Crippen LogP contribution is -2.32. The summed E-state index contributed by atoms with van der Waals surface area (Å²) >= 11 is 11.7. The van der Waals surface area contributed by atoms with E-state index in [0.717, 1.165) is 6.21 Å². The first-order chi connectivity index (χ1) is 14.7. The van der Waals surface area contributed by atoms with Crippen LogP contribution in [0.15, 0.2) is 87.6 Å². The molecule has 0 aromatic heterocycles. The molecule has 10 heteroatoms. The highest BCUT2D eigenvalue weighted by atomic mass is 35.5. The summed E-state index contributed by atoms with van der Waals surface area (Å²) in [6, 6.07) is 18.4. The monoisotopic (exact) mass is 492 g/mol. The molecule has 0 fully saturated rings. The largest absolute Gasteiger partial charge is 0.257 e. The molecule has 0 aliphatic rings. The molecule has 3 aromatic rings. The van der Waals surface area contributed by atoms with Crippen LogP contribution in [0.5, 0.6) is 0 Å². The lowest BCUT2D eigenvalue weighted by Gasteiger charge is -2.15. The Morgan fingerprint density at radius 3 is 1.68 bits per heavy atom. The molecule has 3 rings (SSSR count). The summed E-state index contributed by atoms with van der Waals surface area (Å²) < 4.78 is 51.2.